The van der Waals surface area contributed by atoms with Crippen molar-refractivity contribution in [3.8, 4) is 0 Å². The molecule has 0 aromatic heterocycles. The van der Waals surface area contributed by atoms with Gasteiger partial charge in [0.1, 0.15) is 5.82 Å². The minimum Gasteiger partial charge on any atom is -0.338 e. The van der Waals surface area contributed by atoms with Gasteiger partial charge in [-0.25, -0.2) is 12.8 Å². The van der Waals surface area contributed by atoms with Crippen LogP contribution in [0.2, 0.25) is 0 Å². The number of aryl methyl sites for hydroxylation is 1. The maximum Gasteiger partial charge on any atom is 0.261 e. The van der Waals surface area contributed by atoms with Crippen molar-refractivity contribution in [1.82, 2.24) is 4.90 Å². The van der Waals surface area contributed by atoms with Gasteiger partial charge >= 0.3 is 0 Å². The van der Waals surface area contributed by atoms with Gasteiger partial charge in [-0.3, -0.25) is 14.3 Å². The Kier molecular flexibility index (Phi) is 7.16. The van der Waals surface area contributed by atoms with Gasteiger partial charge in [0.25, 0.3) is 15.9 Å². The molecule has 3 aromatic carbocycles. The van der Waals surface area contributed by atoms with Crippen LogP contribution >= 0.6 is 0 Å². The number of likely N-dealkylation sites (tertiary alicyclic amines) is 1. The second-order valence-corrected chi connectivity index (χ2v) is 10.3. The van der Waals surface area contributed by atoms with Crippen molar-refractivity contribution < 1.29 is 22.4 Å². The van der Waals surface area contributed by atoms with Crippen LogP contribution in [0.5, 0.6) is 0 Å². The Morgan fingerprint density at radius 1 is 0.971 bits per heavy atom. The molecule has 4 rings (SSSR count). The molecule has 2 N–H and O–H groups in total. The molecule has 9 heteroatoms. The molecule has 0 saturated carbocycles. The molecule has 0 bridgehead atoms. The molecular weight excluding hydrogens is 469 g/mol. The number of anilines is 2. The highest BCUT2D eigenvalue weighted by atomic mass is 32.2. The maximum atomic E-state index is 13.3. The van der Waals surface area contributed by atoms with Crippen molar-refractivity contribution in [2.45, 2.75) is 24.7 Å². The van der Waals surface area contributed by atoms with E-state index < -0.39 is 15.8 Å². The zero-order chi connectivity index (χ0) is 25.0. The highest BCUT2D eigenvalue weighted by Gasteiger charge is 2.29. The van der Waals surface area contributed by atoms with Crippen molar-refractivity contribution in [1.29, 1.82) is 0 Å². The Bertz CT molecular complexity index is 1330. The summed E-state index contributed by atoms with van der Waals surface area (Å²) in [5, 5.41) is 2.81. The summed E-state index contributed by atoms with van der Waals surface area (Å²) >= 11 is 0. The van der Waals surface area contributed by atoms with Crippen LogP contribution in [0.4, 0.5) is 15.8 Å². The van der Waals surface area contributed by atoms with Crippen molar-refractivity contribution in [3.05, 3.63) is 89.7 Å². The van der Waals surface area contributed by atoms with Crippen LogP contribution in [-0.4, -0.2) is 38.2 Å². The number of benzene rings is 3. The molecule has 1 unspecified atom stereocenters. The molecule has 2 amide bonds. The minimum atomic E-state index is -3.92. The fourth-order valence-corrected chi connectivity index (χ4v) is 5.03. The number of nitrogens with one attached hydrogen (secondary N) is 2. The van der Waals surface area contributed by atoms with E-state index in [1.807, 2.05) is 19.1 Å². The Morgan fingerprint density at radius 2 is 1.69 bits per heavy atom. The third-order valence-electron chi connectivity index (χ3n) is 5.89. The normalized spacial score (nSPS) is 15.9. The summed E-state index contributed by atoms with van der Waals surface area (Å²) in [6.45, 7) is 2.88. The van der Waals surface area contributed by atoms with E-state index in [2.05, 4.69) is 10.0 Å². The second kappa shape index (κ2) is 10.3. The maximum absolute atomic E-state index is 13.3. The van der Waals surface area contributed by atoms with Gasteiger partial charge in [0.05, 0.1) is 16.5 Å². The summed E-state index contributed by atoms with van der Waals surface area (Å²) in [5.41, 5.74) is 2.23. The number of hydrogen-bond acceptors (Lipinski definition) is 4. The number of rotatable bonds is 6. The monoisotopic (exact) mass is 495 g/mol. The van der Waals surface area contributed by atoms with Crippen LogP contribution in [0, 0.1) is 18.7 Å². The van der Waals surface area contributed by atoms with Gasteiger partial charge in [0.15, 0.2) is 0 Å². The number of carbonyl (C=O) groups is 2. The summed E-state index contributed by atoms with van der Waals surface area (Å²) in [4.78, 5) is 27.4. The van der Waals surface area contributed by atoms with Gasteiger partial charge in [-0.2, -0.15) is 0 Å². The zero-order valence-electron chi connectivity index (χ0n) is 19.2. The van der Waals surface area contributed by atoms with Crippen LogP contribution in [0.1, 0.15) is 28.8 Å². The predicted molar refractivity (Wildman–Crippen MR) is 132 cm³/mol. The highest BCUT2D eigenvalue weighted by Crippen LogP contribution is 2.22. The SMILES string of the molecule is Cc1ccc(C(=O)N2CCCC(C(=O)Nc3ccc(S(=O)(=O)Nc4cccc(F)c4)cc3)C2)cc1. The predicted octanol–water partition coefficient (Wildman–Crippen LogP) is 4.43. The highest BCUT2D eigenvalue weighted by molar-refractivity contribution is 7.92. The third-order valence-corrected chi connectivity index (χ3v) is 7.28. The molecule has 182 valence electrons. The van der Waals surface area contributed by atoms with Crippen LogP contribution < -0.4 is 10.0 Å². The van der Waals surface area contributed by atoms with Gasteiger partial charge in [0, 0.05) is 24.3 Å². The Hall–Kier alpha value is -3.72. The fraction of sp³-hybridized carbons (Fsp3) is 0.231. The molecule has 1 atom stereocenters. The second-order valence-electron chi connectivity index (χ2n) is 8.59. The van der Waals surface area contributed by atoms with Gasteiger partial charge in [0.2, 0.25) is 5.91 Å². The molecule has 1 aliphatic heterocycles. The average molecular weight is 496 g/mol. The molecule has 3 aromatic rings. The van der Waals surface area contributed by atoms with E-state index in [0.29, 0.717) is 30.8 Å². The third kappa shape index (κ3) is 6.05. The smallest absolute Gasteiger partial charge is 0.261 e. The first-order valence-electron chi connectivity index (χ1n) is 11.3. The van der Waals surface area contributed by atoms with Crippen molar-refractivity contribution in [3.63, 3.8) is 0 Å². The Balaban J connectivity index is 1.38. The molecule has 7 nitrogen and oxygen atoms in total. The summed E-state index contributed by atoms with van der Waals surface area (Å²) < 4.78 is 40.8. The molecule has 0 radical (unpaired) electrons. The number of carbonyl (C=O) groups excluding carboxylic acids is 2. The summed E-state index contributed by atoms with van der Waals surface area (Å²) in [6, 6.07) is 18.3. The lowest BCUT2D eigenvalue weighted by Gasteiger charge is -2.32. The number of amides is 2. The van der Waals surface area contributed by atoms with Crippen LogP contribution in [0.25, 0.3) is 0 Å². The molecule has 1 fully saturated rings. The van der Waals surface area contributed by atoms with E-state index in [1.54, 1.807) is 17.0 Å². The number of piperidine rings is 1. The molecule has 0 aliphatic carbocycles. The molecule has 1 heterocycles. The standard InChI is InChI=1S/C26H26FN3O4S/c1-18-7-9-19(10-8-18)26(32)30-15-3-4-20(17-30)25(31)28-22-11-13-24(14-12-22)35(33,34)29-23-6-2-5-21(27)16-23/h2,5-14,16,20,29H,3-4,15,17H2,1H3,(H,28,31). The first-order valence-corrected chi connectivity index (χ1v) is 12.7. The van der Waals surface area contributed by atoms with E-state index >= 15 is 0 Å². The molecular formula is C26H26FN3O4S. The summed E-state index contributed by atoms with van der Waals surface area (Å²) in [5.74, 6) is -1.23. The zero-order valence-corrected chi connectivity index (χ0v) is 20.0. The Morgan fingerprint density at radius 3 is 2.37 bits per heavy atom. The van der Waals surface area contributed by atoms with Crippen molar-refractivity contribution in [2.24, 2.45) is 5.92 Å². The van der Waals surface area contributed by atoms with E-state index in [9.17, 15) is 22.4 Å². The van der Waals surface area contributed by atoms with Gasteiger partial charge in [-0.15, -0.1) is 0 Å². The van der Waals surface area contributed by atoms with Gasteiger partial charge in [-0.05, 0) is 74.4 Å². The van der Waals surface area contributed by atoms with E-state index in [-0.39, 0.29) is 28.3 Å². The van der Waals surface area contributed by atoms with Crippen LogP contribution in [0.3, 0.4) is 0 Å². The summed E-state index contributed by atoms with van der Waals surface area (Å²) in [7, 11) is -3.92. The van der Waals surface area contributed by atoms with Crippen molar-refractivity contribution >= 4 is 33.2 Å². The van der Waals surface area contributed by atoms with Gasteiger partial charge < -0.3 is 10.2 Å². The number of halogens is 1. The van der Waals surface area contributed by atoms with Crippen LogP contribution in [-0.2, 0) is 14.8 Å². The first-order chi connectivity index (χ1) is 16.7. The van der Waals surface area contributed by atoms with E-state index in [0.717, 1.165) is 18.1 Å². The van der Waals surface area contributed by atoms with E-state index in [4.69, 9.17) is 0 Å². The lowest BCUT2D eigenvalue weighted by molar-refractivity contribution is -0.121. The first kappa shape index (κ1) is 24.4. The lowest BCUT2D eigenvalue weighted by atomic mass is 9.96. The molecule has 1 aliphatic rings. The quantitative estimate of drug-likeness (QED) is 0.529. The van der Waals surface area contributed by atoms with Gasteiger partial charge in [-0.1, -0.05) is 23.8 Å². The van der Waals surface area contributed by atoms with Crippen molar-refractivity contribution in [2.75, 3.05) is 23.1 Å². The number of nitrogens with zero attached hydrogens (tertiary/aromatic N) is 1. The number of sulfonamides is 1. The Labute approximate surface area is 204 Å². The molecule has 0 spiro atoms. The largest absolute Gasteiger partial charge is 0.338 e. The lowest BCUT2D eigenvalue weighted by Crippen LogP contribution is -2.43. The minimum absolute atomic E-state index is 0.0210. The van der Waals surface area contributed by atoms with E-state index in [1.165, 1.54) is 42.5 Å². The fourth-order valence-electron chi connectivity index (χ4n) is 3.98. The topological polar surface area (TPSA) is 95.6 Å². The number of hydrogen-bond donors (Lipinski definition) is 2. The summed E-state index contributed by atoms with van der Waals surface area (Å²) in [6.07, 6.45) is 1.38. The average Bonchev–Trinajstić information content (AvgIpc) is 2.84. The van der Waals surface area contributed by atoms with Crippen LogP contribution in [0.15, 0.2) is 77.7 Å². The molecule has 35 heavy (non-hydrogen) atoms. The molecule has 1 saturated heterocycles.